The third-order valence-electron chi connectivity index (χ3n) is 7.29. The lowest BCUT2D eigenvalue weighted by molar-refractivity contribution is -0.145. The minimum atomic E-state index is -2.51. The standard InChI is InChI=1S/C27H36O3Si/c1-5-29-26(28)25-23-18-16-20(17-19-24(23)25)30-31(27(2,3)4,21-12-8-6-9-13-21)22-14-10-7-11-15-22/h6-15,20,23-25H,5,16-19H2,1-4H3. The summed E-state index contributed by atoms with van der Waals surface area (Å²) in [7, 11) is -2.51. The highest BCUT2D eigenvalue weighted by Gasteiger charge is 2.57. The maximum atomic E-state index is 12.2. The third kappa shape index (κ3) is 4.25. The summed E-state index contributed by atoms with van der Waals surface area (Å²) in [6, 6.07) is 21.8. The monoisotopic (exact) mass is 436 g/mol. The Hall–Kier alpha value is -1.91. The second-order valence-electron chi connectivity index (χ2n) is 10.2. The summed E-state index contributed by atoms with van der Waals surface area (Å²) >= 11 is 0. The first kappa shape index (κ1) is 22.3. The zero-order chi connectivity index (χ0) is 22.1. The van der Waals surface area contributed by atoms with Gasteiger partial charge in [0, 0.05) is 6.10 Å². The second kappa shape index (κ2) is 8.91. The average Bonchev–Trinajstić information content (AvgIpc) is 3.49. The van der Waals surface area contributed by atoms with Gasteiger partial charge >= 0.3 is 5.97 Å². The van der Waals surface area contributed by atoms with E-state index in [0.717, 1.165) is 25.7 Å². The Morgan fingerprint density at radius 2 is 1.35 bits per heavy atom. The SMILES string of the molecule is CCOC(=O)C1C2CCC(O[Si](c3ccccc3)(c3ccccc3)C(C)(C)C)CCC21. The largest absolute Gasteiger partial charge is 0.466 e. The molecule has 4 heteroatoms. The summed E-state index contributed by atoms with van der Waals surface area (Å²) in [6.07, 6.45) is 4.43. The van der Waals surface area contributed by atoms with Gasteiger partial charge in [-0.3, -0.25) is 4.79 Å². The van der Waals surface area contributed by atoms with Crippen LogP contribution >= 0.6 is 0 Å². The van der Waals surface area contributed by atoms with Crippen molar-refractivity contribution in [3.8, 4) is 0 Å². The molecule has 0 amide bonds. The van der Waals surface area contributed by atoms with E-state index in [0.29, 0.717) is 18.4 Å². The fourth-order valence-electron chi connectivity index (χ4n) is 5.78. The van der Waals surface area contributed by atoms with Crippen molar-refractivity contribution in [1.82, 2.24) is 0 Å². The van der Waals surface area contributed by atoms with Gasteiger partial charge in [-0.05, 0) is 59.9 Å². The van der Waals surface area contributed by atoms with Crippen molar-refractivity contribution in [3.63, 3.8) is 0 Å². The summed E-state index contributed by atoms with van der Waals surface area (Å²) in [5.74, 6) is 1.14. The van der Waals surface area contributed by atoms with Gasteiger partial charge in [0.25, 0.3) is 8.32 Å². The molecule has 2 aromatic carbocycles. The van der Waals surface area contributed by atoms with E-state index in [1.165, 1.54) is 10.4 Å². The lowest BCUT2D eigenvalue weighted by Crippen LogP contribution is -2.67. The topological polar surface area (TPSA) is 35.5 Å². The molecule has 166 valence electrons. The zero-order valence-corrected chi connectivity index (χ0v) is 20.3. The molecule has 0 spiro atoms. The fraction of sp³-hybridized carbons (Fsp3) is 0.519. The first-order chi connectivity index (χ1) is 14.9. The molecule has 2 unspecified atom stereocenters. The van der Waals surface area contributed by atoms with E-state index in [4.69, 9.17) is 9.16 Å². The lowest BCUT2D eigenvalue weighted by Gasteiger charge is -2.45. The van der Waals surface area contributed by atoms with Gasteiger partial charge < -0.3 is 9.16 Å². The van der Waals surface area contributed by atoms with Gasteiger partial charge in [-0.15, -0.1) is 0 Å². The van der Waals surface area contributed by atoms with Gasteiger partial charge in [0.1, 0.15) is 0 Å². The van der Waals surface area contributed by atoms with Crippen LogP contribution in [0.5, 0.6) is 0 Å². The van der Waals surface area contributed by atoms with Crippen LogP contribution in [0.2, 0.25) is 5.04 Å². The highest BCUT2D eigenvalue weighted by molar-refractivity contribution is 6.99. The van der Waals surface area contributed by atoms with Crippen molar-refractivity contribution in [2.45, 2.75) is 64.5 Å². The molecule has 0 saturated heterocycles. The first-order valence-electron chi connectivity index (χ1n) is 11.8. The van der Waals surface area contributed by atoms with Crippen molar-refractivity contribution in [2.75, 3.05) is 6.61 Å². The maximum absolute atomic E-state index is 12.2. The van der Waals surface area contributed by atoms with Crippen molar-refractivity contribution in [2.24, 2.45) is 17.8 Å². The quantitative estimate of drug-likeness (QED) is 0.476. The highest BCUT2D eigenvalue weighted by atomic mass is 28.4. The molecule has 2 aromatic rings. The predicted octanol–water partition coefficient (Wildman–Crippen LogP) is 4.93. The summed E-state index contributed by atoms with van der Waals surface area (Å²) in [4.78, 5) is 12.2. The lowest BCUT2D eigenvalue weighted by atomic mass is 10.1. The van der Waals surface area contributed by atoms with Crippen LogP contribution in [-0.2, 0) is 14.0 Å². The van der Waals surface area contributed by atoms with Crippen molar-refractivity contribution in [3.05, 3.63) is 60.7 Å². The number of esters is 1. The van der Waals surface area contributed by atoms with Crippen LogP contribution in [0.1, 0.15) is 53.4 Å². The van der Waals surface area contributed by atoms with Gasteiger partial charge in [-0.2, -0.15) is 0 Å². The van der Waals surface area contributed by atoms with Crippen molar-refractivity contribution >= 4 is 24.7 Å². The average molecular weight is 437 g/mol. The minimum absolute atomic E-state index is 0.00159. The molecule has 2 fully saturated rings. The van der Waals surface area contributed by atoms with E-state index >= 15 is 0 Å². The van der Waals surface area contributed by atoms with Crippen molar-refractivity contribution in [1.29, 1.82) is 0 Å². The summed E-state index contributed by atoms with van der Waals surface area (Å²) in [5, 5.41) is 2.68. The Balaban J connectivity index is 1.61. The van der Waals surface area contributed by atoms with Crippen molar-refractivity contribution < 1.29 is 14.0 Å². The van der Waals surface area contributed by atoms with E-state index in [1.54, 1.807) is 0 Å². The Morgan fingerprint density at radius 1 is 0.871 bits per heavy atom. The van der Waals surface area contributed by atoms with E-state index in [9.17, 15) is 4.79 Å². The predicted molar refractivity (Wildman–Crippen MR) is 128 cm³/mol. The van der Waals surface area contributed by atoms with Gasteiger partial charge in [0.05, 0.1) is 12.5 Å². The minimum Gasteiger partial charge on any atom is -0.466 e. The van der Waals surface area contributed by atoms with Gasteiger partial charge in [-0.1, -0.05) is 81.4 Å². The van der Waals surface area contributed by atoms with Gasteiger partial charge in [-0.25, -0.2) is 0 Å². The molecule has 2 aliphatic carbocycles. The molecule has 0 heterocycles. The van der Waals surface area contributed by atoms with Crippen LogP contribution in [-0.4, -0.2) is 27.0 Å². The van der Waals surface area contributed by atoms with Crippen LogP contribution in [0, 0.1) is 17.8 Å². The first-order valence-corrected chi connectivity index (χ1v) is 13.7. The second-order valence-corrected chi connectivity index (χ2v) is 14.4. The number of carbonyl (C=O) groups excluding carboxylic acids is 1. The fourth-order valence-corrected chi connectivity index (χ4v) is 10.5. The zero-order valence-electron chi connectivity index (χ0n) is 19.3. The molecular formula is C27H36O3Si. The summed E-state index contributed by atoms with van der Waals surface area (Å²) in [5.41, 5.74) is 0. The number of ether oxygens (including phenoxy) is 1. The molecule has 4 rings (SSSR count). The molecule has 0 radical (unpaired) electrons. The molecular weight excluding hydrogens is 400 g/mol. The molecule has 2 aliphatic rings. The summed E-state index contributed by atoms with van der Waals surface area (Å²) < 4.78 is 12.6. The van der Waals surface area contributed by atoms with Crippen LogP contribution in [0.3, 0.4) is 0 Å². The third-order valence-corrected chi connectivity index (χ3v) is 12.4. The summed E-state index contributed by atoms with van der Waals surface area (Å²) in [6.45, 7) is 9.39. The number of fused-ring (bicyclic) bond motifs is 1. The van der Waals surface area contributed by atoms with E-state index < -0.39 is 8.32 Å². The normalized spacial score (nSPS) is 25.9. The smallest absolute Gasteiger partial charge is 0.309 e. The van der Waals surface area contributed by atoms with E-state index in [-0.39, 0.29) is 23.0 Å². The molecule has 0 bridgehead atoms. The van der Waals surface area contributed by atoms with E-state index in [2.05, 4.69) is 81.4 Å². The Kier molecular flexibility index (Phi) is 6.41. The number of hydrogen-bond acceptors (Lipinski definition) is 3. The molecule has 0 aromatic heterocycles. The number of benzene rings is 2. The van der Waals surface area contributed by atoms with Crippen LogP contribution in [0.25, 0.3) is 0 Å². The molecule has 31 heavy (non-hydrogen) atoms. The van der Waals surface area contributed by atoms with E-state index in [1.807, 2.05) is 6.92 Å². The molecule has 2 saturated carbocycles. The number of rotatable bonds is 6. The van der Waals surface area contributed by atoms with Gasteiger partial charge in [0.15, 0.2) is 0 Å². The molecule has 2 atom stereocenters. The maximum Gasteiger partial charge on any atom is 0.309 e. The number of hydrogen-bond donors (Lipinski definition) is 0. The van der Waals surface area contributed by atoms with Crippen LogP contribution in [0.4, 0.5) is 0 Å². The van der Waals surface area contributed by atoms with Gasteiger partial charge in [0.2, 0.25) is 0 Å². The number of carbonyl (C=O) groups is 1. The van der Waals surface area contributed by atoms with Crippen LogP contribution < -0.4 is 10.4 Å². The Labute approximate surface area is 188 Å². The highest BCUT2D eigenvalue weighted by Crippen LogP contribution is 2.55. The Bertz CT molecular complexity index is 821. The molecule has 3 nitrogen and oxygen atoms in total. The molecule has 0 aliphatic heterocycles. The Morgan fingerprint density at radius 3 is 1.77 bits per heavy atom. The molecule has 0 N–H and O–H groups in total. The van der Waals surface area contributed by atoms with Crippen LogP contribution in [0.15, 0.2) is 60.7 Å².